The number of rotatable bonds is 4. The number of aryl methyl sites for hydroxylation is 1. The lowest BCUT2D eigenvalue weighted by Crippen LogP contribution is -1.93. The van der Waals surface area contributed by atoms with E-state index in [1.54, 1.807) is 11.3 Å². The molecule has 5 nitrogen and oxygen atoms in total. The topological polar surface area (TPSA) is 63.8 Å². The second-order valence-corrected chi connectivity index (χ2v) is 5.41. The molecule has 0 spiro atoms. The Morgan fingerprint density at radius 2 is 2.10 bits per heavy atom. The molecular formula is C14H14N4OS. The highest BCUT2D eigenvalue weighted by Crippen LogP contribution is 2.26. The monoisotopic (exact) mass is 286 g/mol. The summed E-state index contributed by atoms with van der Waals surface area (Å²) in [6.07, 6.45) is 0.593. The van der Waals surface area contributed by atoms with Gasteiger partial charge in [-0.1, -0.05) is 17.3 Å². The molecule has 102 valence electrons. The first-order valence-corrected chi connectivity index (χ1v) is 7.15. The van der Waals surface area contributed by atoms with Crippen molar-refractivity contribution >= 4 is 17.0 Å². The van der Waals surface area contributed by atoms with Gasteiger partial charge in [-0.15, -0.1) is 11.3 Å². The van der Waals surface area contributed by atoms with E-state index in [9.17, 15) is 0 Å². The first kappa shape index (κ1) is 12.8. The van der Waals surface area contributed by atoms with Crippen molar-refractivity contribution in [3.05, 3.63) is 46.2 Å². The van der Waals surface area contributed by atoms with Crippen molar-refractivity contribution in [3.63, 3.8) is 0 Å². The summed E-state index contributed by atoms with van der Waals surface area (Å²) in [5.41, 5.74) is 2.84. The van der Waals surface area contributed by atoms with E-state index in [4.69, 9.17) is 4.52 Å². The van der Waals surface area contributed by atoms with Crippen LogP contribution in [0.3, 0.4) is 0 Å². The molecule has 0 amide bonds. The number of nitrogens with zero attached hydrogens (tertiary/aromatic N) is 3. The summed E-state index contributed by atoms with van der Waals surface area (Å²) in [6, 6.07) is 7.84. The minimum absolute atomic E-state index is 0.525. The van der Waals surface area contributed by atoms with Crippen LogP contribution in [0, 0.1) is 6.92 Å². The van der Waals surface area contributed by atoms with E-state index in [0.717, 1.165) is 22.0 Å². The maximum Gasteiger partial charge on any atom is 0.260 e. The molecule has 1 N–H and O–H groups in total. The van der Waals surface area contributed by atoms with Crippen molar-refractivity contribution in [2.45, 2.75) is 13.3 Å². The summed E-state index contributed by atoms with van der Waals surface area (Å²) in [5, 5.41) is 10.2. The maximum absolute atomic E-state index is 5.35. The Hall–Kier alpha value is -2.21. The Bertz CT molecular complexity index is 719. The van der Waals surface area contributed by atoms with E-state index >= 15 is 0 Å². The van der Waals surface area contributed by atoms with Gasteiger partial charge in [0.1, 0.15) is 0 Å². The molecule has 0 fully saturated rings. The van der Waals surface area contributed by atoms with E-state index < -0.39 is 0 Å². The Balaban J connectivity index is 1.86. The minimum atomic E-state index is 0.525. The second kappa shape index (κ2) is 5.42. The zero-order valence-electron chi connectivity index (χ0n) is 11.3. The molecule has 0 bridgehead atoms. The maximum atomic E-state index is 5.35. The number of para-hydroxylation sites is 1. The molecule has 6 heteroatoms. The quantitative estimate of drug-likeness (QED) is 0.798. The van der Waals surface area contributed by atoms with Crippen LogP contribution in [0.2, 0.25) is 0 Å². The highest BCUT2D eigenvalue weighted by molar-refractivity contribution is 7.09. The number of hydrogen-bond donors (Lipinski definition) is 1. The summed E-state index contributed by atoms with van der Waals surface area (Å²) in [4.78, 5) is 8.85. The first-order valence-electron chi connectivity index (χ1n) is 6.27. The number of benzene rings is 1. The predicted octanol–water partition coefficient (Wildman–Crippen LogP) is 3.13. The van der Waals surface area contributed by atoms with Crippen LogP contribution < -0.4 is 5.32 Å². The summed E-state index contributed by atoms with van der Waals surface area (Å²) in [7, 11) is 1.87. The average Bonchev–Trinajstić information content (AvgIpc) is 3.08. The fraction of sp³-hybridized carbons (Fsp3) is 0.214. The number of aromatic nitrogens is 3. The summed E-state index contributed by atoms with van der Waals surface area (Å²) < 4.78 is 5.35. The van der Waals surface area contributed by atoms with Crippen molar-refractivity contribution in [3.8, 4) is 11.5 Å². The minimum Gasteiger partial charge on any atom is -0.387 e. The van der Waals surface area contributed by atoms with E-state index in [-0.39, 0.29) is 0 Å². The normalized spacial score (nSPS) is 10.7. The van der Waals surface area contributed by atoms with Crippen LogP contribution in [0.4, 0.5) is 5.69 Å². The second-order valence-electron chi connectivity index (χ2n) is 4.35. The van der Waals surface area contributed by atoms with Crippen LogP contribution in [0.5, 0.6) is 0 Å². The van der Waals surface area contributed by atoms with Crippen LogP contribution >= 0.6 is 11.3 Å². The molecule has 0 atom stereocenters. The third-order valence-electron chi connectivity index (χ3n) is 2.90. The van der Waals surface area contributed by atoms with E-state index in [1.165, 1.54) is 0 Å². The van der Waals surface area contributed by atoms with Gasteiger partial charge in [-0.3, -0.25) is 0 Å². The van der Waals surface area contributed by atoms with Gasteiger partial charge in [-0.05, 0) is 19.1 Å². The van der Waals surface area contributed by atoms with Gasteiger partial charge in [0.25, 0.3) is 5.89 Å². The van der Waals surface area contributed by atoms with E-state index in [0.29, 0.717) is 18.1 Å². The predicted molar refractivity (Wildman–Crippen MR) is 78.9 cm³/mol. The number of nitrogens with one attached hydrogen (secondary N) is 1. The van der Waals surface area contributed by atoms with Gasteiger partial charge in [0, 0.05) is 18.1 Å². The molecule has 0 unspecified atom stereocenters. The number of hydrogen-bond acceptors (Lipinski definition) is 6. The van der Waals surface area contributed by atoms with Crippen molar-refractivity contribution in [1.29, 1.82) is 0 Å². The lowest BCUT2D eigenvalue weighted by atomic mass is 10.2. The standard InChI is InChI=1S/C14H14N4OS/c1-9-16-10(8-20-9)7-13-17-14(19-18-13)11-5-3-4-6-12(11)15-2/h3-6,8,15H,7H2,1-2H3. The van der Waals surface area contributed by atoms with Gasteiger partial charge in [-0.25, -0.2) is 4.98 Å². The largest absolute Gasteiger partial charge is 0.387 e. The lowest BCUT2D eigenvalue weighted by molar-refractivity contribution is 0.424. The van der Waals surface area contributed by atoms with Crippen LogP contribution in [-0.2, 0) is 6.42 Å². The molecule has 0 saturated carbocycles. The van der Waals surface area contributed by atoms with Crippen molar-refractivity contribution in [2.24, 2.45) is 0 Å². The summed E-state index contributed by atoms with van der Waals surface area (Å²) in [6.45, 7) is 1.99. The highest BCUT2D eigenvalue weighted by atomic mass is 32.1. The van der Waals surface area contributed by atoms with Gasteiger partial charge in [0.2, 0.25) is 0 Å². The van der Waals surface area contributed by atoms with Crippen molar-refractivity contribution < 1.29 is 4.52 Å². The third-order valence-corrected chi connectivity index (χ3v) is 3.72. The summed E-state index contributed by atoms with van der Waals surface area (Å²) in [5.74, 6) is 1.17. The third kappa shape index (κ3) is 2.55. The lowest BCUT2D eigenvalue weighted by Gasteiger charge is -2.03. The zero-order chi connectivity index (χ0) is 13.9. The Labute approximate surface area is 120 Å². The Morgan fingerprint density at radius 1 is 1.25 bits per heavy atom. The summed E-state index contributed by atoms with van der Waals surface area (Å²) >= 11 is 1.63. The van der Waals surface area contributed by atoms with Crippen LogP contribution in [0.15, 0.2) is 34.2 Å². The number of thiazole rings is 1. The van der Waals surface area contributed by atoms with Crippen LogP contribution in [0.25, 0.3) is 11.5 Å². The molecule has 3 rings (SSSR count). The fourth-order valence-corrected chi connectivity index (χ4v) is 2.59. The van der Waals surface area contributed by atoms with Crippen LogP contribution in [0.1, 0.15) is 16.5 Å². The van der Waals surface area contributed by atoms with Gasteiger partial charge in [0.15, 0.2) is 5.82 Å². The molecule has 20 heavy (non-hydrogen) atoms. The molecule has 2 heterocycles. The smallest absolute Gasteiger partial charge is 0.260 e. The Morgan fingerprint density at radius 3 is 2.85 bits per heavy atom. The van der Waals surface area contributed by atoms with Gasteiger partial charge in [-0.2, -0.15) is 4.98 Å². The molecule has 0 aliphatic heterocycles. The van der Waals surface area contributed by atoms with Gasteiger partial charge >= 0.3 is 0 Å². The van der Waals surface area contributed by atoms with Crippen molar-refractivity contribution in [2.75, 3.05) is 12.4 Å². The molecule has 0 aliphatic rings. The molecule has 0 saturated heterocycles. The van der Waals surface area contributed by atoms with Crippen molar-refractivity contribution in [1.82, 2.24) is 15.1 Å². The molecule has 2 aromatic heterocycles. The van der Waals surface area contributed by atoms with Gasteiger partial charge < -0.3 is 9.84 Å². The molecule has 3 aromatic rings. The fourth-order valence-electron chi connectivity index (χ4n) is 1.97. The van der Waals surface area contributed by atoms with Crippen LogP contribution in [-0.4, -0.2) is 22.2 Å². The average molecular weight is 286 g/mol. The molecule has 0 radical (unpaired) electrons. The van der Waals surface area contributed by atoms with E-state index in [1.807, 2.05) is 43.6 Å². The van der Waals surface area contributed by atoms with E-state index in [2.05, 4.69) is 20.4 Å². The Kier molecular flexibility index (Phi) is 3.47. The molecule has 0 aliphatic carbocycles. The number of anilines is 1. The highest BCUT2D eigenvalue weighted by Gasteiger charge is 2.13. The first-order chi connectivity index (χ1) is 9.76. The molecule has 1 aromatic carbocycles. The SMILES string of the molecule is CNc1ccccc1-c1nc(Cc2csc(C)n2)no1. The van der Waals surface area contributed by atoms with Gasteiger partial charge in [0.05, 0.1) is 22.7 Å². The molecular weight excluding hydrogens is 272 g/mol. The zero-order valence-corrected chi connectivity index (χ0v) is 12.1.